The van der Waals surface area contributed by atoms with Crippen LogP contribution in [0.3, 0.4) is 0 Å². The van der Waals surface area contributed by atoms with Crippen molar-refractivity contribution in [1.82, 2.24) is 4.90 Å². The molecule has 1 heterocycles. The van der Waals surface area contributed by atoms with Crippen molar-refractivity contribution in [1.29, 1.82) is 0 Å². The van der Waals surface area contributed by atoms with E-state index < -0.39 is 0 Å². The fraction of sp³-hybridized carbons (Fsp3) is 0.294. The van der Waals surface area contributed by atoms with Gasteiger partial charge in [0.25, 0.3) is 0 Å². The Labute approximate surface area is 145 Å². The molecule has 1 saturated heterocycles. The molecule has 0 amide bonds. The summed E-state index contributed by atoms with van der Waals surface area (Å²) in [4.78, 5) is 15.5. The van der Waals surface area contributed by atoms with Gasteiger partial charge in [-0.1, -0.05) is 41.4 Å². The summed E-state index contributed by atoms with van der Waals surface area (Å²) in [6.07, 6.45) is 0. The van der Waals surface area contributed by atoms with E-state index in [4.69, 9.17) is 23.2 Å². The number of para-hydroxylation sites is 1. The van der Waals surface area contributed by atoms with E-state index in [1.54, 1.807) is 6.07 Å². The molecule has 0 aliphatic carbocycles. The fourth-order valence-electron chi connectivity index (χ4n) is 2.85. The molecule has 4 nitrogen and oxygen atoms in total. The molecule has 120 valence electrons. The van der Waals surface area contributed by atoms with Gasteiger partial charge in [-0.15, -0.1) is 4.91 Å². The van der Waals surface area contributed by atoms with Crippen molar-refractivity contribution in [2.75, 3.05) is 31.1 Å². The van der Waals surface area contributed by atoms with Crippen LogP contribution in [0.15, 0.2) is 47.6 Å². The van der Waals surface area contributed by atoms with Crippen LogP contribution >= 0.6 is 23.2 Å². The molecule has 2 aromatic carbocycles. The normalized spacial score (nSPS) is 15.7. The largest absolute Gasteiger partial charge is 0.367 e. The fourth-order valence-corrected chi connectivity index (χ4v) is 3.17. The molecule has 1 aliphatic rings. The molecule has 0 radical (unpaired) electrons. The Hall–Kier alpha value is -1.62. The molecule has 3 rings (SSSR count). The number of nitroso groups, excluding NO2 is 1. The van der Waals surface area contributed by atoms with E-state index in [-0.39, 0.29) is 0 Å². The first kappa shape index (κ1) is 16.2. The predicted molar refractivity (Wildman–Crippen MR) is 95.8 cm³/mol. The third-order valence-electron chi connectivity index (χ3n) is 4.08. The number of piperazine rings is 1. The Bertz CT molecular complexity index is 700. The van der Waals surface area contributed by atoms with Crippen molar-refractivity contribution >= 4 is 34.6 Å². The number of benzene rings is 2. The molecule has 1 aliphatic heterocycles. The van der Waals surface area contributed by atoms with Crippen LogP contribution in [-0.4, -0.2) is 31.1 Å². The average molecular weight is 350 g/mol. The van der Waals surface area contributed by atoms with E-state index in [9.17, 15) is 4.91 Å². The Kier molecular flexibility index (Phi) is 5.16. The van der Waals surface area contributed by atoms with Gasteiger partial charge in [-0.05, 0) is 35.0 Å². The maximum atomic E-state index is 10.9. The molecule has 0 spiro atoms. The number of anilines is 1. The molecule has 6 heteroatoms. The highest BCUT2D eigenvalue weighted by atomic mass is 35.5. The smallest absolute Gasteiger partial charge is 0.131 e. The van der Waals surface area contributed by atoms with E-state index in [0.29, 0.717) is 15.7 Å². The lowest BCUT2D eigenvalue weighted by molar-refractivity contribution is 0.250. The van der Waals surface area contributed by atoms with Gasteiger partial charge in [-0.2, -0.15) is 0 Å². The van der Waals surface area contributed by atoms with Crippen LogP contribution in [0, 0.1) is 4.91 Å². The zero-order chi connectivity index (χ0) is 16.2. The minimum Gasteiger partial charge on any atom is -0.367 e. The maximum absolute atomic E-state index is 10.9. The predicted octanol–water partition coefficient (Wildman–Crippen LogP) is 4.71. The van der Waals surface area contributed by atoms with Crippen molar-refractivity contribution in [2.45, 2.75) is 6.54 Å². The van der Waals surface area contributed by atoms with Crippen molar-refractivity contribution in [3.8, 4) is 0 Å². The quantitative estimate of drug-likeness (QED) is 0.749. The van der Waals surface area contributed by atoms with Crippen molar-refractivity contribution in [3.05, 3.63) is 63.0 Å². The zero-order valence-corrected chi connectivity index (χ0v) is 14.1. The molecular weight excluding hydrogens is 333 g/mol. The highest BCUT2D eigenvalue weighted by Crippen LogP contribution is 2.29. The van der Waals surface area contributed by atoms with Crippen LogP contribution in [0.5, 0.6) is 0 Å². The zero-order valence-electron chi connectivity index (χ0n) is 12.6. The molecule has 1 fully saturated rings. The summed E-state index contributed by atoms with van der Waals surface area (Å²) in [6, 6.07) is 13.2. The topological polar surface area (TPSA) is 35.9 Å². The summed E-state index contributed by atoms with van der Waals surface area (Å²) in [6.45, 7) is 4.43. The molecule has 0 atom stereocenters. The maximum Gasteiger partial charge on any atom is 0.131 e. The average Bonchev–Trinajstić information content (AvgIpc) is 2.59. The molecule has 23 heavy (non-hydrogen) atoms. The summed E-state index contributed by atoms with van der Waals surface area (Å²) in [7, 11) is 0. The van der Waals surface area contributed by atoms with Gasteiger partial charge >= 0.3 is 0 Å². The van der Waals surface area contributed by atoms with Gasteiger partial charge in [-0.25, -0.2) is 0 Å². The van der Waals surface area contributed by atoms with Crippen molar-refractivity contribution in [2.24, 2.45) is 5.18 Å². The van der Waals surface area contributed by atoms with Crippen LogP contribution in [0.1, 0.15) is 5.56 Å². The van der Waals surface area contributed by atoms with E-state index in [1.165, 1.54) is 0 Å². The third-order valence-corrected chi connectivity index (χ3v) is 4.82. The van der Waals surface area contributed by atoms with Gasteiger partial charge in [0.05, 0.1) is 15.7 Å². The second-order valence-corrected chi connectivity index (χ2v) is 6.41. The second-order valence-electron chi connectivity index (χ2n) is 5.59. The van der Waals surface area contributed by atoms with Crippen molar-refractivity contribution in [3.63, 3.8) is 0 Å². The minimum absolute atomic E-state index is 0.505. The highest BCUT2D eigenvalue weighted by Gasteiger charge is 2.19. The van der Waals surface area contributed by atoms with Crippen molar-refractivity contribution < 1.29 is 0 Å². The highest BCUT2D eigenvalue weighted by molar-refractivity contribution is 6.42. The minimum atomic E-state index is 0.505. The number of nitrogens with zero attached hydrogens (tertiary/aromatic N) is 3. The lowest BCUT2D eigenvalue weighted by Gasteiger charge is -2.36. The van der Waals surface area contributed by atoms with Crippen LogP contribution in [-0.2, 0) is 6.54 Å². The Balaban J connectivity index is 1.62. The molecule has 0 saturated carbocycles. The number of halogens is 2. The summed E-state index contributed by atoms with van der Waals surface area (Å²) < 4.78 is 0. The van der Waals surface area contributed by atoms with Gasteiger partial charge in [0.15, 0.2) is 0 Å². The van der Waals surface area contributed by atoms with Crippen LogP contribution < -0.4 is 4.90 Å². The molecular formula is C17H17Cl2N3O. The summed E-state index contributed by atoms with van der Waals surface area (Å²) in [5, 5.41) is 4.29. The Morgan fingerprint density at radius 3 is 2.39 bits per heavy atom. The lowest BCUT2D eigenvalue weighted by atomic mass is 10.2. The number of hydrogen-bond donors (Lipinski definition) is 0. The third kappa shape index (κ3) is 3.83. The lowest BCUT2D eigenvalue weighted by Crippen LogP contribution is -2.46. The van der Waals surface area contributed by atoms with E-state index in [2.05, 4.69) is 15.0 Å². The van der Waals surface area contributed by atoms with E-state index >= 15 is 0 Å². The monoisotopic (exact) mass is 349 g/mol. The molecule has 2 aromatic rings. The summed E-state index contributed by atoms with van der Waals surface area (Å²) in [5.74, 6) is 0. The SMILES string of the molecule is O=Nc1ccccc1N1CCN(Cc2ccc(Cl)c(Cl)c2)CC1. The van der Waals surface area contributed by atoms with Gasteiger partial charge in [-0.3, -0.25) is 4.90 Å². The van der Waals surface area contributed by atoms with Gasteiger partial charge in [0, 0.05) is 32.7 Å². The first-order valence-corrected chi connectivity index (χ1v) is 8.26. The molecule has 0 N–H and O–H groups in total. The standard InChI is InChI=1S/C17H17Cl2N3O/c18-14-6-5-13(11-15(14)19)12-21-7-9-22(10-8-21)17-4-2-1-3-16(17)20-23/h1-6,11H,7-10,12H2. The van der Waals surface area contributed by atoms with Crippen LogP contribution in [0.25, 0.3) is 0 Å². The molecule has 0 bridgehead atoms. The van der Waals surface area contributed by atoms with Gasteiger partial charge < -0.3 is 4.90 Å². The Morgan fingerprint density at radius 1 is 0.957 bits per heavy atom. The summed E-state index contributed by atoms with van der Waals surface area (Å²) in [5.41, 5.74) is 2.57. The van der Waals surface area contributed by atoms with Gasteiger partial charge in [0.1, 0.15) is 5.69 Å². The van der Waals surface area contributed by atoms with Gasteiger partial charge in [0.2, 0.25) is 0 Å². The number of hydrogen-bond acceptors (Lipinski definition) is 4. The van der Waals surface area contributed by atoms with Crippen LogP contribution in [0.2, 0.25) is 10.0 Å². The molecule has 0 unspecified atom stereocenters. The van der Waals surface area contributed by atoms with Crippen LogP contribution in [0.4, 0.5) is 11.4 Å². The number of rotatable bonds is 4. The Morgan fingerprint density at radius 2 is 1.70 bits per heavy atom. The first-order valence-electron chi connectivity index (χ1n) is 7.51. The molecule has 0 aromatic heterocycles. The van der Waals surface area contributed by atoms with E-state index in [1.807, 2.05) is 36.4 Å². The summed E-state index contributed by atoms with van der Waals surface area (Å²) >= 11 is 12.0. The van der Waals surface area contributed by atoms with E-state index in [0.717, 1.165) is 44.0 Å². The first-order chi connectivity index (χ1) is 11.2. The second kappa shape index (κ2) is 7.30.